The molecule has 2 aromatic rings. The van der Waals surface area contributed by atoms with E-state index in [1.54, 1.807) is 0 Å². The van der Waals surface area contributed by atoms with Gasteiger partial charge in [0, 0.05) is 71.2 Å². The van der Waals surface area contributed by atoms with Crippen LogP contribution in [0.3, 0.4) is 0 Å². The number of anilines is 2. The van der Waals surface area contributed by atoms with Crippen LogP contribution in [0.2, 0.25) is 10.6 Å². The first-order valence-corrected chi connectivity index (χ1v) is 15.8. The second-order valence-electron chi connectivity index (χ2n) is 9.51. The summed E-state index contributed by atoms with van der Waals surface area (Å²) >= 11 is 13.1. The van der Waals surface area contributed by atoms with Gasteiger partial charge in [-0.15, -0.1) is 11.8 Å². The third-order valence-corrected chi connectivity index (χ3v) is 10.2. The molecule has 0 spiro atoms. The fourth-order valence-electron chi connectivity index (χ4n) is 5.15. The molecule has 0 amide bonds. The van der Waals surface area contributed by atoms with Gasteiger partial charge in [-0.2, -0.15) is 14.5 Å². The quantitative estimate of drug-likeness (QED) is 0.415. The Morgan fingerprint density at radius 2 is 1.35 bits per heavy atom. The SMILES string of the molecule is CN(c1nc(Cl)nc2c1SCC2)C1CCOCC1.CN(c1nc(Cl)nc2c1[S+](O)CC2)C1CCOCC1. The zero-order chi connectivity index (χ0) is 25.9. The molecule has 6 heterocycles. The van der Waals surface area contributed by atoms with E-state index in [0.717, 1.165) is 104 Å². The van der Waals surface area contributed by atoms with Crippen LogP contribution in [0, 0.1) is 0 Å². The highest BCUT2D eigenvalue weighted by molar-refractivity contribution is 7.99. The average molecular weight is 589 g/mol. The third-order valence-electron chi connectivity index (χ3n) is 7.28. The predicted octanol–water partition coefficient (Wildman–Crippen LogP) is 4.14. The molecule has 4 aliphatic heterocycles. The first-order chi connectivity index (χ1) is 17.9. The number of aryl methyl sites for hydroxylation is 2. The van der Waals surface area contributed by atoms with Crippen molar-refractivity contribution in [1.29, 1.82) is 0 Å². The van der Waals surface area contributed by atoms with Gasteiger partial charge in [0.25, 0.3) is 4.90 Å². The monoisotopic (exact) mass is 587 g/mol. The van der Waals surface area contributed by atoms with E-state index in [4.69, 9.17) is 32.7 Å². The minimum Gasteiger partial charge on any atom is -0.381 e. The molecule has 1 atom stereocenters. The van der Waals surface area contributed by atoms with E-state index < -0.39 is 11.2 Å². The summed E-state index contributed by atoms with van der Waals surface area (Å²) in [5.74, 6) is 3.61. The summed E-state index contributed by atoms with van der Waals surface area (Å²) in [7, 11) is 4.12. The van der Waals surface area contributed by atoms with Gasteiger partial charge >= 0.3 is 0 Å². The standard InChI is InChI=1S/C12H17ClN3O2S.C12H16ClN3OS/c1-16(8-2-5-18-6-3-8)11-10-9(4-7-19(10)17)14-12(13)15-11;1-16(8-2-5-17-6-3-8)11-10-9(4-7-18-10)14-12(13)15-11/h8,17H,2-7H2,1H3;8H,2-7H2,1H3/q+1;. The molecular formula is C24H33Cl2N6O3S2+. The van der Waals surface area contributed by atoms with E-state index >= 15 is 0 Å². The van der Waals surface area contributed by atoms with Crippen molar-refractivity contribution in [2.75, 3.05) is 61.8 Å². The summed E-state index contributed by atoms with van der Waals surface area (Å²) in [5, 5.41) is 0.636. The zero-order valence-electron chi connectivity index (χ0n) is 21.2. The van der Waals surface area contributed by atoms with Crippen LogP contribution in [0.15, 0.2) is 9.79 Å². The zero-order valence-corrected chi connectivity index (χ0v) is 24.3. The van der Waals surface area contributed by atoms with Crippen molar-refractivity contribution in [1.82, 2.24) is 19.9 Å². The van der Waals surface area contributed by atoms with Gasteiger partial charge in [-0.1, -0.05) is 0 Å². The Morgan fingerprint density at radius 1 is 0.811 bits per heavy atom. The van der Waals surface area contributed by atoms with E-state index in [9.17, 15) is 4.55 Å². The summed E-state index contributed by atoms with van der Waals surface area (Å²) in [5.41, 5.74) is 2.01. The number of hydrogen-bond donors (Lipinski definition) is 1. The predicted molar refractivity (Wildman–Crippen MR) is 150 cm³/mol. The summed E-state index contributed by atoms with van der Waals surface area (Å²) < 4.78 is 21.0. The summed E-state index contributed by atoms with van der Waals surface area (Å²) in [6, 6.07) is 0.886. The molecular weight excluding hydrogens is 555 g/mol. The van der Waals surface area contributed by atoms with E-state index in [-0.39, 0.29) is 5.28 Å². The number of aromatic nitrogens is 4. The van der Waals surface area contributed by atoms with E-state index in [2.05, 4.69) is 36.8 Å². The molecule has 1 unspecified atom stereocenters. The van der Waals surface area contributed by atoms with Crippen LogP contribution in [-0.2, 0) is 33.5 Å². The molecule has 0 bridgehead atoms. The number of hydrogen-bond acceptors (Lipinski definition) is 10. The van der Waals surface area contributed by atoms with Gasteiger partial charge < -0.3 is 19.3 Å². The van der Waals surface area contributed by atoms with Crippen LogP contribution in [0.5, 0.6) is 0 Å². The van der Waals surface area contributed by atoms with Crippen molar-refractivity contribution < 1.29 is 14.0 Å². The summed E-state index contributed by atoms with van der Waals surface area (Å²) in [6.07, 6.45) is 5.84. The maximum atomic E-state index is 10.2. The fourth-order valence-corrected chi connectivity index (χ4v) is 8.06. The van der Waals surface area contributed by atoms with Gasteiger partial charge in [0.2, 0.25) is 10.6 Å². The van der Waals surface area contributed by atoms with Gasteiger partial charge in [-0.3, -0.25) is 0 Å². The van der Waals surface area contributed by atoms with Gasteiger partial charge in [0.05, 0.1) is 10.6 Å². The largest absolute Gasteiger partial charge is 0.381 e. The highest BCUT2D eigenvalue weighted by Crippen LogP contribution is 2.39. The van der Waals surface area contributed by atoms with E-state index in [1.165, 1.54) is 4.90 Å². The van der Waals surface area contributed by atoms with E-state index in [0.29, 0.717) is 17.4 Å². The van der Waals surface area contributed by atoms with Crippen molar-refractivity contribution >= 4 is 57.8 Å². The molecule has 4 aliphatic rings. The Morgan fingerprint density at radius 3 is 1.97 bits per heavy atom. The molecule has 9 nitrogen and oxygen atoms in total. The topological polar surface area (TPSA) is 96.7 Å². The average Bonchev–Trinajstić information content (AvgIpc) is 3.54. The Hall–Kier alpha value is -1.08. The van der Waals surface area contributed by atoms with Crippen molar-refractivity contribution in [3.8, 4) is 0 Å². The number of rotatable bonds is 4. The molecule has 2 saturated heterocycles. The first-order valence-electron chi connectivity index (χ1n) is 12.7. The second-order valence-corrected chi connectivity index (χ2v) is 12.8. The van der Waals surface area contributed by atoms with Crippen LogP contribution in [0.25, 0.3) is 0 Å². The number of thioether (sulfide) groups is 1. The van der Waals surface area contributed by atoms with Crippen LogP contribution >= 0.6 is 35.0 Å². The Labute approximate surface area is 235 Å². The Bertz CT molecular complexity index is 1100. The van der Waals surface area contributed by atoms with Gasteiger partial charge in [0.15, 0.2) is 22.7 Å². The third kappa shape index (κ3) is 6.23. The van der Waals surface area contributed by atoms with Crippen LogP contribution in [0.4, 0.5) is 11.6 Å². The summed E-state index contributed by atoms with van der Waals surface area (Å²) in [4.78, 5) is 23.9. The lowest BCUT2D eigenvalue weighted by molar-refractivity contribution is 0.0851. The normalized spacial score (nSPS) is 21.7. The van der Waals surface area contributed by atoms with Crippen molar-refractivity contribution in [3.05, 3.63) is 22.0 Å². The molecule has 202 valence electrons. The maximum absolute atomic E-state index is 10.2. The highest BCUT2D eigenvalue weighted by Gasteiger charge is 2.40. The molecule has 2 aromatic heterocycles. The fraction of sp³-hybridized carbons (Fsp3) is 0.667. The summed E-state index contributed by atoms with van der Waals surface area (Å²) in [6.45, 7) is 3.23. The van der Waals surface area contributed by atoms with Crippen molar-refractivity contribution in [2.24, 2.45) is 0 Å². The lowest BCUT2D eigenvalue weighted by Crippen LogP contribution is -2.38. The molecule has 1 N–H and O–H groups in total. The number of nitrogens with zero attached hydrogens (tertiary/aromatic N) is 6. The number of fused-ring (bicyclic) bond motifs is 2. The van der Waals surface area contributed by atoms with Crippen LogP contribution < -0.4 is 9.80 Å². The van der Waals surface area contributed by atoms with Crippen LogP contribution in [-0.4, -0.2) is 88.6 Å². The van der Waals surface area contributed by atoms with Gasteiger partial charge in [-0.25, -0.2) is 9.97 Å². The van der Waals surface area contributed by atoms with Crippen molar-refractivity contribution in [3.63, 3.8) is 0 Å². The van der Waals surface area contributed by atoms with Crippen molar-refractivity contribution in [2.45, 2.75) is 60.4 Å². The first kappa shape index (κ1) is 27.5. The molecule has 13 heteroatoms. The smallest absolute Gasteiger partial charge is 0.253 e. The number of ether oxygens (including phenoxy) is 2. The lowest BCUT2D eigenvalue weighted by atomic mass is 10.1. The Balaban J connectivity index is 0.000000152. The maximum Gasteiger partial charge on any atom is 0.253 e. The minimum absolute atomic E-state index is 0.270. The van der Waals surface area contributed by atoms with Gasteiger partial charge in [-0.05, 0) is 48.9 Å². The minimum atomic E-state index is -0.749. The molecule has 0 saturated carbocycles. The molecule has 0 aliphatic carbocycles. The molecule has 37 heavy (non-hydrogen) atoms. The molecule has 0 aromatic carbocycles. The molecule has 2 fully saturated rings. The lowest BCUT2D eigenvalue weighted by Gasteiger charge is -2.32. The van der Waals surface area contributed by atoms with Crippen LogP contribution in [0.1, 0.15) is 37.1 Å². The second kappa shape index (κ2) is 12.4. The highest BCUT2D eigenvalue weighted by atomic mass is 35.5. The molecule has 6 rings (SSSR count). The number of halogens is 2. The van der Waals surface area contributed by atoms with Gasteiger partial charge in [0.1, 0.15) is 11.5 Å². The Kier molecular flexibility index (Phi) is 9.21. The molecule has 0 radical (unpaired) electrons. The van der Waals surface area contributed by atoms with E-state index in [1.807, 2.05) is 18.8 Å².